The van der Waals surface area contributed by atoms with Crippen LogP contribution in [-0.4, -0.2) is 55.2 Å². The standard InChI is InChI=1S/C15H22N4O4S/c1-24(21,22)18-12-11(10-3-8-23-13(10)12)17-14(20)15(4-5-15)9-19-7-2-6-16-19/h2,6-7,10-13,18H,3-5,8-9H2,1H3,(H,17,20)/t10-,11+,12-,13-/m1/s1. The second-order valence-corrected chi connectivity index (χ2v) is 8.97. The molecule has 0 bridgehead atoms. The molecule has 2 saturated carbocycles. The van der Waals surface area contributed by atoms with Crippen molar-refractivity contribution in [1.29, 1.82) is 0 Å². The minimum absolute atomic E-state index is 0.00588. The van der Waals surface area contributed by atoms with Gasteiger partial charge in [0.25, 0.3) is 0 Å². The molecule has 9 heteroatoms. The van der Waals surface area contributed by atoms with Crippen molar-refractivity contribution in [2.24, 2.45) is 11.3 Å². The van der Waals surface area contributed by atoms with Gasteiger partial charge in [0.15, 0.2) is 0 Å². The van der Waals surface area contributed by atoms with Gasteiger partial charge < -0.3 is 10.1 Å². The topological polar surface area (TPSA) is 102 Å². The van der Waals surface area contributed by atoms with Gasteiger partial charge in [0.05, 0.1) is 36.4 Å². The number of carbonyl (C=O) groups is 1. The molecule has 4 atom stereocenters. The molecular weight excluding hydrogens is 332 g/mol. The van der Waals surface area contributed by atoms with E-state index in [9.17, 15) is 13.2 Å². The quantitative estimate of drug-likeness (QED) is 0.716. The van der Waals surface area contributed by atoms with Gasteiger partial charge in [0.2, 0.25) is 15.9 Å². The molecule has 1 amide bonds. The molecule has 2 heterocycles. The number of nitrogens with one attached hydrogen (secondary N) is 2. The van der Waals surface area contributed by atoms with Crippen molar-refractivity contribution in [3.05, 3.63) is 18.5 Å². The molecule has 0 radical (unpaired) electrons. The van der Waals surface area contributed by atoms with Crippen LogP contribution in [0.1, 0.15) is 19.3 Å². The highest BCUT2D eigenvalue weighted by atomic mass is 32.2. The van der Waals surface area contributed by atoms with Gasteiger partial charge in [-0.05, 0) is 25.3 Å². The number of aromatic nitrogens is 2. The third kappa shape index (κ3) is 2.84. The van der Waals surface area contributed by atoms with Gasteiger partial charge in [-0.3, -0.25) is 9.48 Å². The van der Waals surface area contributed by atoms with Crippen LogP contribution in [0.4, 0.5) is 0 Å². The van der Waals surface area contributed by atoms with Crippen LogP contribution >= 0.6 is 0 Å². The number of fused-ring (bicyclic) bond motifs is 1. The van der Waals surface area contributed by atoms with Crippen LogP contribution in [0.15, 0.2) is 18.5 Å². The van der Waals surface area contributed by atoms with Gasteiger partial charge in [-0.15, -0.1) is 0 Å². The van der Waals surface area contributed by atoms with Gasteiger partial charge in [0.1, 0.15) is 0 Å². The van der Waals surface area contributed by atoms with Crippen molar-refractivity contribution in [2.45, 2.75) is 44.0 Å². The van der Waals surface area contributed by atoms with Crippen LogP contribution in [0.3, 0.4) is 0 Å². The van der Waals surface area contributed by atoms with E-state index in [2.05, 4.69) is 15.1 Å². The summed E-state index contributed by atoms with van der Waals surface area (Å²) in [4.78, 5) is 12.8. The maximum absolute atomic E-state index is 12.8. The highest BCUT2D eigenvalue weighted by Crippen LogP contribution is 2.48. The second kappa shape index (κ2) is 5.53. The molecule has 1 aliphatic heterocycles. The lowest BCUT2D eigenvalue weighted by atomic mass is 9.72. The molecule has 1 aromatic rings. The lowest BCUT2D eigenvalue weighted by Gasteiger charge is -2.47. The third-order valence-corrected chi connectivity index (χ3v) is 6.09. The summed E-state index contributed by atoms with van der Waals surface area (Å²) >= 11 is 0. The largest absolute Gasteiger partial charge is 0.376 e. The van der Waals surface area contributed by atoms with Crippen molar-refractivity contribution >= 4 is 15.9 Å². The van der Waals surface area contributed by atoms with E-state index in [1.54, 1.807) is 10.9 Å². The first-order valence-corrected chi connectivity index (χ1v) is 10.1. The second-order valence-electron chi connectivity index (χ2n) is 7.19. The molecule has 4 rings (SSSR count). The zero-order valence-corrected chi connectivity index (χ0v) is 14.3. The van der Waals surface area contributed by atoms with Crippen molar-refractivity contribution < 1.29 is 17.9 Å². The summed E-state index contributed by atoms with van der Waals surface area (Å²) in [6, 6.07) is 1.26. The highest BCUT2D eigenvalue weighted by molar-refractivity contribution is 7.88. The van der Waals surface area contributed by atoms with E-state index in [1.165, 1.54) is 0 Å². The minimum atomic E-state index is -3.35. The Morgan fingerprint density at radius 1 is 1.42 bits per heavy atom. The number of nitrogens with zero attached hydrogens (tertiary/aromatic N) is 2. The Hall–Kier alpha value is -1.45. The van der Waals surface area contributed by atoms with Crippen LogP contribution in [0, 0.1) is 11.3 Å². The highest BCUT2D eigenvalue weighted by Gasteiger charge is 2.58. The molecule has 2 N–H and O–H groups in total. The predicted octanol–water partition coefficient (Wildman–Crippen LogP) is -0.515. The number of carbonyl (C=O) groups excluding carboxylic acids is 1. The van der Waals surface area contributed by atoms with Crippen LogP contribution in [0.2, 0.25) is 0 Å². The minimum Gasteiger partial charge on any atom is -0.376 e. The molecule has 8 nitrogen and oxygen atoms in total. The molecule has 132 valence electrons. The van der Waals surface area contributed by atoms with Crippen molar-refractivity contribution in [1.82, 2.24) is 19.8 Å². The first-order valence-electron chi connectivity index (χ1n) is 8.25. The zero-order chi connectivity index (χ0) is 16.9. The third-order valence-electron chi connectivity index (χ3n) is 5.39. The van der Waals surface area contributed by atoms with Gasteiger partial charge in [-0.2, -0.15) is 5.10 Å². The normalized spacial score (nSPS) is 33.5. The number of amides is 1. The Labute approximate surface area is 141 Å². The van der Waals surface area contributed by atoms with Gasteiger partial charge >= 0.3 is 0 Å². The molecule has 1 aromatic heterocycles. The fraction of sp³-hybridized carbons (Fsp3) is 0.733. The number of ether oxygens (including phenoxy) is 1. The summed E-state index contributed by atoms with van der Waals surface area (Å²) in [7, 11) is -3.35. The maximum atomic E-state index is 12.8. The van der Waals surface area contributed by atoms with Crippen molar-refractivity contribution in [3.8, 4) is 0 Å². The van der Waals surface area contributed by atoms with Crippen LogP contribution < -0.4 is 10.0 Å². The number of hydrogen-bond acceptors (Lipinski definition) is 5. The molecule has 0 spiro atoms. The molecule has 1 saturated heterocycles. The average molecular weight is 354 g/mol. The fourth-order valence-corrected chi connectivity index (χ4v) is 4.68. The smallest absolute Gasteiger partial charge is 0.228 e. The molecule has 2 aliphatic carbocycles. The van der Waals surface area contributed by atoms with E-state index in [-0.39, 0.29) is 30.0 Å². The SMILES string of the molecule is CS(=O)(=O)N[C@@H]1[C@@H](NC(=O)C2(Cn3cccn3)CC2)[C@H]2CCO[C@H]21. The summed E-state index contributed by atoms with van der Waals surface area (Å²) in [5.41, 5.74) is -0.411. The van der Waals surface area contributed by atoms with E-state index in [0.29, 0.717) is 13.2 Å². The summed E-state index contributed by atoms with van der Waals surface area (Å²) in [6.07, 6.45) is 7.07. The molecule has 3 fully saturated rings. The Bertz CT molecular complexity index is 729. The van der Waals surface area contributed by atoms with Crippen LogP contribution in [0.25, 0.3) is 0 Å². The molecule has 0 aromatic carbocycles. The lowest BCUT2D eigenvalue weighted by molar-refractivity contribution is -0.131. The summed E-state index contributed by atoms with van der Waals surface area (Å²) in [5, 5.41) is 7.27. The number of sulfonamides is 1. The average Bonchev–Trinajstić information content (AvgIpc) is 2.94. The monoisotopic (exact) mass is 354 g/mol. The van der Waals surface area contributed by atoms with E-state index < -0.39 is 15.4 Å². The Morgan fingerprint density at radius 2 is 2.21 bits per heavy atom. The summed E-state index contributed by atoms with van der Waals surface area (Å²) < 4.78 is 33.2. The van der Waals surface area contributed by atoms with Gasteiger partial charge in [-0.1, -0.05) is 0 Å². The summed E-state index contributed by atoms with van der Waals surface area (Å²) in [5.74, 6) is 0.183. The van der Waals surface area contributed by atoms with E-state index >= 15 is 0 Å². The Kier molecular flexibility index (Phi) is 3.70. The van der Waals surface area contributed by atoms with Gasteiger partial charge in [0, 0.05) is 24.9 Å². The first-order chi connectivity index (χ1) is 11.4. The van der Waals surface area contributed by atoms with Crippen molar-refractivity contribution in [2.75, 3.05) is 12.9 Å². The van der Waals surface area contributed by atoms with Gasteiger partial charge in [-0.25, -0.2) is 13.1 Å². The molecule has 24 heavy (non-hydrogen) atoms. The predicted molar refractivity (Wildman–Crippen MR) is 85.4 cm³/mol. The van der Waals surface area contributed by atoms with E-state index in [0.717, 1.165) is 25.5 Å². The lowest BCUT2D eigenvalue weighted by Crippen LogP contribution is -2.71. The van der Waals surface area contributed by atoms with Crippen LogP contribution in [-0.2, 0) is 26.1 Å². The molecular formula is C15H22N4O4S. The molecule has 0 unspecified atom stereocenters. The number of rotatable bonds is 6. The first kappa shape index (κ1) is 16.0. The summed E-state index contributed by atoms with van der Waals surface area (Å²) in [6.45, 7) is 1.18. The maximum Gasteiger partial charge on any atom is 0.228 e. The van der Waals surface area contributed by atoms with E-state index in [4.69, 9.17) is 4.74 Å². The van der Waals surface area contributed by atoms with Crippen molar-refractivity contribution in [3.63, 3.8) is 0 Å². The van der Waals surface area contributed by atoms with Crippen LogP contribution in [0.5, 0.6) is 0 Å². The molecule has 3 aliphatic rings. The zero-order valence-electron chi connectivity index (χ0n) is 13.5. The number of hydrogen-bond donors (Lipinski definition) is 2. The Morgan fingerprint density at radius 3 is 2.83 bits per heavy atom. The fourth-order valence-electron chi connectivity index (χ4n) is 3.91. The van der Waals surface area contributed by atoms with E-state index in [1.807, 2.05) is 12.3 Å². The Balaban J connectivity index is 1.44.